The maximum atomic E-state index is 12.7. The third kappa shape index (κ3) is 6.21. The minimum atomic E-state index is -0.352. The number of nitrogens with two attached hydrogens (primary N) is 2. The lowest BCUT2D eigenvalue weighted by Gasteiger charge is -2.19. The SMILES string of the molecule is C=CC=N/C(Oc1ccc(C(=O)C(=C)Nc2ccccc2N)cc1)=C(\N)C1=CC[C@H](O)CC1. The summed E-state index contributed by atoms with van der Waals surface area (Å²) in [4.78, 5) is 17.0. The lowest BCUT2D eigenvalue weighted by molar-refractivity contribution is 0.103. The van der Waals surface area contributed by atoms with Gasteiger partial charge in [-0.15, -0.1) is 0 Å². The normalized spacial score (nSPS) is 16.5. The molecular formula is C26H28N4O3. The van der Waals surface area contributed by atoms with Gasteiger partial charge in [0, 0.05) is 11.8 Å². The molecule has 7 heteroatoms. The van der Waals surface area contributed by atoms with E-state index in [1.54, 1.807) is 36.4 Å². The molecule has 1 atom stereocenters. The maximum absolute atomic E-state index is 12.7. The van der Waals surface area contributed by atoms with E-state index in [-0.39, 0.29) is 23.5 Å². The minimum absolute atomic E-state index is 0.202. The van der Waals surface area contributed by atoms with Gasteiger partial charge in [-0.3, -0.25) is 4.79 Å². The average Bonchev–Trinajstić information content (AvgIpc) is 2.83. The van der Waals surface area contributed by atoms with E-state index in [2.05, 4.69) is 23.5 Å². The van der Waals surface area contributed by atoms with Crippen LogP contribution in [0, 0.1) is 0 Å². The average molecular weight is 445 g/mol. The summed E-state index contributed by atoms with van der Waals surface area (Å²) in [5.41, 5.74) is 15.3. The van der Waals surface area contributed by atoms with Crippen molar-refractivity contribution < 1.29 is 14.6 Å². The number of rotatable bonds is 9. The van der Waals surface area contributed by atoms with Crippen molar-refractivity contribution in [2.45, 2.75) is 25.4 Å². The summed E-state index contributed by atoms with van der Waals surface area (Å²) in [5.74, 6) is 0.422. The number of ketones is 1. The molecule has 1 aliphatic carbocycles. The zero-order chi connectivity index (χ0) is 23.8. The molecule has 2 aromatic carbocycles. The monoisotopic (exact) mass is 444 g/mol. The van der Waals surface area contributed by atoms with Crippen LogP contribution in [-0.2, 0) is 0 Å². The van der Waals surface area contributed by atoms with Gasteiger partial charge in [0.15, 0.2) is 0 Å². The molecule has 170 valence electrons. The topological polar surface area (TPSA) is 123 Å². The summed E-state index contributed by atoms with van der Waals surface area (Å²) < 4.78 is 5.90. The van der Waals surface area contributed by atoms with Crippen LogP contribution in [0.4, 0.5) is 11.4 Å². The smallest absolute Gasteiger partial charge is 0.242 e. The highest BCUT2D eigenvalue weighted by atomic mass is 16.5. The molecule has 0 spiro atoms. The van der Waals surface area contributed by atoms with E-state index in [9.17, 15) is 9.90 Å². The van der Waals surface area contributed by atoms with Crippen LogP contribution in [0.3, 0.4) is 0 Å². The number of hydrogen-bond donors (Lipinski definition) is 4. The van der Waals surface area contributed by atoms with Crippen molar-refractivity contribution in [3.8, 4) is 5.75 Å². The predicted molar refractivity (Wildman–Crippen MR) is 133 cm³/mol. The lowest BCUT2D eigenvalue weighted by Crippen LogP contribution is -2.16. The number of allylic oxidation sites excluding steroid dienone is 3. The number of anilines is 2. The summed E-state index contributed by atoms with van der Waals surface area (Å²) in [6.45, 7) is 7.46. The van der Waals surface area contributed by atoms with Crippen LogP contribution in [0.2, 0.25) is 0 Å². The van der Waals surface area contributed by atoms with Gasteiger partial charge in [0.05, 0.1) is 28.9 Å². The van der Waals surface area contributed by atoms with Crippen molar-refractivity contribution in [1.82, 2.24) is 0 Å². The maximum Gasteiger partial charge on any atom is 0.242 e. The molecule has 0 heterocycles. The van der Waals surface area contributed by atoms with Crippen molar-refractivity contribution in [2.75, 3.05) is 11.1 Å². The van der Waals surface area contributed by atoms with E-state index in [1.807, 2.05) is 18.2 Å². The number of aliphatic imine (C=N–C) groups is 1. The molecule has 33 heavy (non-hydrogen) atoms. The first-order valence-electron chi connectivity index (χ1n) is 10.5. The molecule has 6 N–H and O–H groups in total. The Bertz CT molecular complexity index is 1130. The van der Waals surface area contributed by atoms with Gasteiger partial charge in [0.25, 0.3) is 0 Å². The zero-order valence-electron chi connectivity index (χ0n) is 18.3. The molecule has 7 nitrogen and oxygen atoms in total. The second-order valence-corrected chi connectivity index (χ2v) is 7.54. The number of nitrogen functional groups attached to an aromatic ring is 1. The fourth-order valence-corrected chi connectivity index (χ4v) is 3.26. The highest BCUT2D eigenvalue weighted by Crippen LogP contribution is 2.26. The van der Waals surface area contributed by atoms with E-state index < -0.39 is 0 Å². The van der Waals surface area contributed by atoms with Crippen LogP contribution in [-0.4, -0.2) is 23.2 Å². The molecule has 2 aromatic rings. The highest BCUT2D eigenvalue weighted by molar-refractivity contribution is 6.10. The third-order valence-corrected chi connectivity index (χ3v) is 5.11. The van der Waals surface area contributed by atoms with Crippen molar-refractivity contribution in [2.24, 2.45) is 10.7 Å². The van der Waals surface area contributed by atoms with Crippen LogP contribution in [0.25, 0.3) is 0 Å². The molecule has 0 aromatic heterocycles. The van der Waals surface area contributed by atoms with Crippen molar-refractivity contribution in [3.63, 3.8) is 0 Å². The zero-order valence-corrected chi connectivity index (χ0v) is 18.3. The van der Waals surface area contributed by atoms with Gasteiger partial charge in [-0.25, -0.2) is 4.99 Å². The second kappa shape index (κ2) is 11.0. The summed E-state index contributed by atoms with van der Waals surface area (Å²) in [6.07, 6.45) is 6.37. The van der Waals surface area contributed by atoms with Crippen LogP contribution < -0.4 is 21.5 Å². The minimum Gasteiger partial charge on any atom is -0.437 e. The van der Waals surface area contributed by atoms with Gasteiger partial charge < -0.3 is 26.6 Å². The number of aliphatic hydroxyl groups excluding tert-OH is 1. The number of nitrogens with one attached hydrogen (secondary N) is 1. The summed E-state index contributed by atoms with van der Waals surface area (Å²) in [7, 11) is 0. The summed E-state index contributed by atoms with van der Waals surface area (Å²) in [6, 6.07) is 13.7. The summed E-state index contributed by atoms with van der Waals surface area (Å²) >= 11 is 0. The van der Waals surface area contributed by atoms with Gasteiger partial charge in [-0.2, -0.15) is 0 Å². The third-order valence-electron chi connectivity index (χ3n) is 5.11. The number of ether oxygens (including phenoxy) is 1. The van der Waals surface area contributed by atoms with E-state index in [0.717, 1.165) is 5.57 Å². The van der Waals surface area contributed by atoms with Crippen LogP contribution in [0.15, 0.2) is 102 Å². The number of para-hydroxylation sites is 2. The number of benzene rings is 2. The molecule has 1 aliphatic rings. The fourth-order valence-electron chi connectivity index (χ4n) is 3.26. The molecule has 3 rings (SSSR count). The van der Waals surface area contributed by atoms with Gasteiger partial charge >= 0.3 is 0 Å². The van der Waals surface area contributed by atoms with Gasteiger partial charge in [0.2, 0.25) is 11.7 Å². The second-order valence-electron chi connectivity index (χ2n) is 7.54. The quantitative estimate of drug-likeness (QED) is 0.150. The Hall–Kier alpha value is -4.10. The molecule has 0 saturated heterocycles. The van der Waals surface area contributed by atoms with E-state index >= 15 is 0 Å². The van der Waals surface area contributed by atoms with Crippen LogP contribution in [0.5, 0.6) is 5.75 Å². The Morgan fingerprint density at radius 3 is 2.58 bits per heavy atom. The number of carbonyl (C=O) groups excluding carboxylic acids is 1. The molecule has 0 radical (unpaired) electrons. The molecular weight excluding hydrogens is 416 g/mol. The Morgan fingerprint density at radius 2 is 1.94 bits per heavy atom. The molecule has 0 amide bonds. The molecule has 0 bridgehead atoms. The Labute approximate surface area is 193 Å². The lowest BCUT2D eigenvalue weighted by atomic mass is 9.95. The van der Waals surface area contributed by atoms with Crippen LogP contribution in [0.1, 0.15) is 29.6 Å². The van der Waals surface area contributed by atoms with Gasteiger partial charge in [-0.05, 0) is 61.2 Å². The Kier molecular flexibility index (Phi) is 7.83. The first-order valence-corrected chi connectivity index (χ1v) is 10.5. The number of carbonyl (C=O) groups is 1. The van der Waals surface area contributed by atoms with Gasteiger partial charge in [0.1, 0.15) is 5.75 Å². The number of Topliss-reactive ketones (excluding diaryl/α,β-unsaturated/α-hetero) is 1. The fraction of sp³-hybridized carbons (Fsp3) is 0.154. The van der Waals surface area contributed by atoms with E-state index in [4.69, 9.17) is 16.2 Å². The Balaban J connectivity index is 1.74. The van der Waals surface area contributed by atoms with Crippen molar-refractivity contribution >= 4 is 23.4 Å². The first-order chi connectivity index (χ1) is 15.9. The predicted octanol–water partition coefficient (Wildman–Crippen LogP) is 4.31. The number of nitrogens with zero attached hydrogens (tertiary/aromatic N) is 1. The molecule has 0 fully saturated rings. The highest BCUT2D eigenvalue weighted by Gasteiger charge is 2.17. The van der Waals surface area contributed by atoms with E-state index in [1.165, 1.54) is 12.3 Å². The number of hydrogen-bond acceptors (Lipinski definition) is 7. The molecule has 0 aliphatic heterocycles. The van der Waals surface area contributed by atoms with Gasteiger partial charge in [-0.1, -0.05) is 37.4 Å². The van der Waals surface area contributed by atoms with Crippen LogP contribution >= 0.6 is 0 Å². The van der Waals surface area contributed by atoms with Crippen molar-refractivity contribution in [3.05, 3.63) is 102 Å². The molecule has 0 unspecified atom stereocenters. The standard InChI is InChI=1S/C26H28N4O3/c1-3-16-29-26(24(28)18-8-12-20(31)13-9-18)33-21-14-10-19(11-15-21)25(32)17(2)30-23-7-5-4-6-22(23)27/h3-8,10-11,14-16,20,30-31H,1-2,9,12-13,27-28H2/b26-24+,29-16?/t20-/m0/s1. The molecule has 0 saturated carbocycles. The van der Waals surface area contributed by atoms with E-state index in [0.29, 0.717) is 47.6 Å². The largest absolute Gasteiger partial charge is 0.437 e. The summed E-state index contributed by atoms with van der Waals surface area (Å²) in [5, 5.41) is 12.7. The van der Waals surface area contributed by atoms with Crippen molar-refractivity contribution in [1.29, 1.82) is 0 Å². The number of aliphatic hydroxyl groups is 1. The first kappa shape index (κ1) is 23.6. The Morgan fingerprint density at radius 1 is 1.21 bits per heavy atom.